The van der Waals surface area contributed by atoms with E-state index in [-0.39, 0.29) is 18.3 Å². The van der Waals surface area contributed by atoms with Crippen LogP contribution >= 0.6 is 11.3 Å². The number of benzene rings is 2. The summed E-state index contributed by atoms with van der Waals surface area (Å²) >= 11 is 1.35. The maximum Gasteiger partial charge on any atom is 0.266 e. The van der Waals surface area contributed by atoms with Crippen molar-refractivity contribution in [3.05, 3.63) is 81.6 Å². The van der Waals surface area contributed by atoms with Gasteiger partial charge in [-0.25, -0.2) is 9.37 Å². The molecule has 7 heteroatoms. The number of thiazole rings is 1. The molecule has 0 unspecified atom stereocenters. The summed E-state index contributed by atoms with van der Waals surface area (Å²) in [4.78, 5) is 22.4. The number of nitrogens with zero attached hydrogens (tertiary/aromatic N) is 3. The fourth-order valence-corrected chi connectivity index (χ4v) is 3.85. The van der Waals surface area contributed by atoms with Gasteiger partial charge in [0.1, 0.15) is 28.1 Å². The molecule has 5 nitrogen and oxygen atoms in total. The first-order valence-electron chi connectivity index (χ1n) is 9.75. The summed E-state index contributed by atoms with van der Waals surface area (Å²) < 4.78 is 18.7. The van der Waals surface area contributed by atoms with Crippen molar-refractivity contribution < 1.29 is 13.9 Å². The summed E-state index contributed by atoms with van der Waals surface area (Å²) in [6.45, 7) is 4.03. The van der Waals surface area contributed by atoms with Gasteiger partial charge in [0.2, 0.25) is 0 Å². The molecule has 0 spiro atoms. The Bertz CT molecular complexity index is 958. The molecule has 0 atom stereocenters. The summed E-state index contributed by atoms with van der Waals surface area (Å²) in [6.07, 6.45) is 0. The summed E-state index contributed by atoms with van der Waals surface area (Å²) in [5, 5.41) is 0.715. The van der Waals surface area contributed by atoms with Crippen LogP contribution in [-0.2, 0) is 13.2 Å². The van der Waals surface area contributed by atoms with Crippen LogP contribution in [0.3, 0.4) is 0 Å². The molecule has 3 aromatic rings. The highest BCUT2D eigenvalue weighted by Crippen LogP contribution is 2.23. The molecule has 2 aromatic carbocycles. The zero-order valence-corrected chi connectivity index (χ0v) is 18.3. The van der Waals surface area contributed by atoms with Crippen LogP contribution in [0.5, 0.6) is 5.75 Å². The molecule has 1 amide bonds. The van der Waals surface area contributed by atoms with Crippen molar-refractivity contribution in [2.45, 2.75) is 20.1 Å². The Hall–Kier alpha value is -2.77. The van der Waals surface area contributed by atoms with Gasteiger partial charge in [0.25, 0.3) is 5.91 Å². The SMILES string of the molecule is Cc1nc(COc2ccc(F)cc2)sc1C(=O)N(CCN(C)C)Cc1ccccc1. The van der Waals surface area contributed by atoms with Gasteiger partial charge < -0.3 is 14.5 Å². The first kappa shape index (κ1) is 21.9. The number of likely N-dealkylation sites (N-methyl/N-ethyl adjacent to an activating group) is 1. The second-order valence-corrected chi connectivity index (χ2v) is 8.36. The van der Waals surface area contributed by atoms with Crippen molar-refractivity contribution >= 4 is 17.2 Å². The predicted octanol–water partition coefficient (Wildman–Crippen LogP) is 4.37. The number of ether oxygens (including phenoxy) is 1. The van der Waals surface area contributed by atoms with Gasteiger partial charge in [-0.1, -0.05) is 30.3 Å². The van der Waals surface area contributed by atoms with Crippen molar-refractivity contribution in [1.29, 1.82) is 0 Å². The molecular formula is C23H26FN3O2S. The van der Waals surface area contributed by atoms with Crippen LogP contribution in [0.25, 0.3) is 0 Å². The largest absolute Gasteiger partial charge is 0.486 e. The molecule has 1 heterocycles. The Morgan fingerprint density at radius 3 is 2.43 bits per heavy atom. The molecule has 0 saturated carbocycles. The van der Waals surface area contributed by atoms with Gasteiger partial charge in [0, 0.05) is 19.6 Å². The third kappa shape index (κ3) is 6.11. The van der Waals surface area contributed by atoms with Crippen molar-refractivity contribution in [2.24, 2.45) is 0 Å². The molecule has 0 aliphatic carbocycles. The number of halogens is 1. The molecule has 158 valence electrons. The van der Waals surface area contributed by atoms with Crippen molar-refractivity contribution in [3.8, 4) is 5.75 Å². The van der Waals surface area contributed by atoms with E-state index in [2.05, 4.69) is 9.88 Å². The Kier molecular flexibility index (Phi) is 7.54. The lowest BCUT2D eigenvalue weighted by Gasteiger charge is -2.24. The standard InChI is InChI=1S/C23H26FN3O2S/c1-17-22(30-21(25-17)16-29-20-11-9-19(24)10-12-20)23(28)27(14-13-26(2)3)15-18-7-5-4-6-8-18/h4-12H,13-16H2,1-3H3. The number of amides is 1. The van der Waals surface area contributed by atoms with E-state index in [1.54, 1.807) is 12.1 Å². The second-order valence-electron chi connectivity index (χ2n) is 7.28. The molecule has 0 fully saturated rings. The minimum atomic E-state index is -0.309. The molecule has 0 N–H and O–H groups in total. The van der Waals surface area contributed by atoms with Gasteiger partial charge in [-0.05, 0) is 50.8 Å². The lowest BCUT2D eigenvalue weighted by molar-refractivity contribution is 0.0736. The van der Waals surface area contributed by atoms with E-state index >= 15 is 0 Å². The van der Waals surface area contributed by atoms with Gasteiger partial charge in [-0.15, -0.1) is 11.3 Å². The van der Waals surface area contributed by atoms with Gasteiger partial charge in [-0.2, -0.15) is 0 Å². The van der Waals surface area contributed by atoms with E-state index in [1.807, 2.05) is 56.3 Å². The van der Waals surface area contributed by atoms with E-state index in [0.29, 0.717) is 34.4 Å². The number of carbonyl (C=O) groups excluding carboxylic acids is 1. The van der Waals surface area contributed by atoms with Gasteiger partial charge in [0.15, 0.2) is 0 Å². The molecular weight excluding hydrogens is 401 g/mol. The molecule has 0 aliphatic heterocycles. The van der Waals surface area contributed by atoms with Crippen LogP contribution in [-0.4, -0.2) is 47.9 Å². The van der Waals surface area contributed by atoms with Gasteiger partial charge in [0.05, 0.1) is 5.69 Å². The Morgan fingerprint density at radius 2 is 1.77 bits per heavy atom. The fourth-order valence-electron chi connectivity index (χ4n) is 2.91. The van der Waals surface area contributed by atoms with E-state index in [4.69, 9.17) is 4.74 Å². The topological polar surface area (TPSA) is 45.7 Å². The average Bonchev–Trinajstić information content (AvgIpc) is 3.11. The lowest BCUT2D eigenvalue weighted by atomic mass is 10.2. The van der Waals surface area contributed by atoms with Crippen molar-refractivity contribution in [1.82, 2.24) is 14.8 Å². The molecule has 30 heavy (non-hydrogen) atoms. The van der Waals surface area contributed by atoms with Crippen LogP contribution in [0, 0.1) is 12.7 Å². The third-order valence-electron chi connectivity index (χ3n) is 4.53. The number of carbonyl (C=O) groups is 1. The molecule has 1 aromatic heterocycles. The van der Waals surface area contributed by atoms with Crippen LogP contribution in [0.2, 0.25) is 0 Å². The zero-order chi connectivity index (χ0) is 21.5. The zero-order valence-electron chi connectivity index (χ0n) is 17.5. The summed E-state index contributed by atoms with van der Waals surface area (Å²) in [6, 6.07) is 15.8. The fraction of sp³-hybridized carbons (Fsp3) is 0.304. The lowest BCUT2D eigenvalue weighted by Crippen LogP contribution is -2.36. The van der Waals surface area contributed by atoms with Crippen LogP contribution < -0.4 is 4.74 Å². The average molecular weight is 428 g/mol. The normalized spacial score (nSPS) is 11.0. The Labute approximate surface area is 180 Å². The predicted molar refractivity (Wildman–Crippen MR) is 117 cm³/mol. The van der Waals surface area contributed by atoms with E-state index in [1.165, 1.54) is 23.5 Å². The summed E-state index contributed by atoms with van der Waals surface area (Å²) in [5.41, 5.74) is 1.79. The monoisotopic (exact) mass is 427 g/mol. The minimum Gasteiger partial charge on any atom is -0.486 e. The van der Waals surface area contributed by atoms with E-state index in [0.717, 1.165) is 12.1 Å². The van der Waals surface area contributed by atoms with Crippen LogP contribution in [0.1, 0.15) is 25.9 Å². The second kappa shape index (κ2) is 10.3. The van der Waals surface area contributed by atoms with Gasteiger partial charge >= 0.3 is 0 Å². The molecule has 3 rings (SSSR count). The molecule has 0 bridgehead atoms. The van der Waals surface area contributed by atoms with E-state index in [9.17, 15) is 9.18 Å². The number of aromatic nitrogens is 1. The first-order chi connectivity index (χ1) is 14.4. The van der Waals surface area contributed by atoms with Crippen molar-refractivity contribution in [2.75, 3.05) is 27.2 Å². The minimum absolute atomic E-state index is 0.0243. The number of hydrogen-bond acceptors (Lipinski definition) is 5. The van der Waals surface area contributed by atoms with E-state index < -0.39 is 0 Å². The smallest absolute Gasteiger partial charge is 0.266 e. The molecule has 0 saturated heterocycles. The maximum absolute atomic E-state index is 13.3. The Balaban J connectivity index is 1.72. The first-order valence-corrected chi connectivity index (χ1v) is 10.6. The summed E-state index contributed by atoms with van der Waals surface area (Å²) in [7, 11) is 3.99. The van der Waals surface area contributed by atoms with Crippen LogP contribution in [0.4, 0.5) is 4.39 Å². The highest BCUT2D eigenvalue weighted by atomic mass is 32.1. The van der Waals surface area contributed by atoms with Crippen molar-refractivity contribution in [3.63, 3.8) is 0 Å². The summed E-state index contributed by atoms with van der Waals surface area (Å²) in [5.74, 6) is 0.231. The van der Waals surface area contributed by atoms with Crippen LogP contribution in [0.15, 0.2) is 54.6 Å². The Morgan fingerprint density at radius 1 is 1.07 bits per heavy atom. The highest BCUT2D eigenvalue weighted by molar-refractivity contribution is 7.13. The molecule has 0 aliphatic rings. The number of hydrogen-bond donors (Lipinski definition) is 0. The number of aryl methyl sites for hydroxylation is 1. The van der Waals surface area contributed by atoms with Gasteiger partial charge in [-0.3, -0.25) is 4.79 Å². The maximum atomic E-state index is 13.3. The quantitative estimate of drug-likeness (QED) is 0.509. The number of rotatable bonds is 9. The third-order valence-corrected chi connectivity index (χ3v) is 5.65. The highest BCUT2D eigenvalue weighted by Gasteiger charge is 2.22. The molecule has 0 radical (unpaired) electrons.